The lowest BCUT2D eigenvalue weighted by atomic mass is 10.1. The highest BCUT2D eigenvalue weighted by Gasteiger charge is 2.26. The maximum Gasteiger partial charge on any atom is 0.290 e. The highest BCUT2D eigenvalue weighted by atomic mass is 32.2. The number of benzene rings is 1. The van der Waals surface area contributed by atoms with Crippen molar-refractivity contribution in [3.63, 3.8) is 0 Å². The van der Waals surface area contributed by atoms with E-state index in [1.165, 1.54) is 18.2 Å². The zero-order chi connectivity index (χ0) is 16.6. The van der Waals surface area contributed by atoms with Gasteiger partial charge in [-0.1, -0.05) is 24.3 Å². The monoisotopic (exact) mass is 335 g/mol. The van der Waals surface area contributed by atoms with Crippen LogP contribution in [-0.2, 0) is 10.7 Å². The summed E-state index contributed by atoms with van der Waals surface area (Å²) in [5.41, 5.74) is 0.565. The fourth-order valence-electron chi connectivity index (χ4n) is 2.06. The molecule has 2 heterocycles. The highest BCUT2D eigenvalue weighted by Crippen LogP contribution is 2.31. The van der Waals surface area contributed by atoms with Crippen LogP contribution in [0.15, 0.2) is 45.7 Å². The van der Waals surface area contributed by atoms with E-state index in [9.17, 15) is 18.4 Å². The second kappa shape index (κ2) is 5.66. The van der Waals surface area contributed by atoms with Gasteiger partial charge in [-0.3, -0.25) is 14.9 Å². The lowest BCUT2D eigenvalue weighted by Crippen LogP contribution is -2.17. The number of carbonyl (C=O) groups excluding carboxylic acids is 2. The molecule has 3 rings (SSSR count). The molecule has 2 aromatic rings. The van der Waals surface area contributed by atoms with Crippen LogP contribution in [-0.4, -0.2) is 11.1 Å². The Morgan fingerprint density at radius 2 is 1.83 bits per heavy atom. The molecule has 0 bridgehead atoms. The van der Waals surface area contributed by atoms with Gasteiger partial charge in [-0.25, -0.2) is 8.78 Å². The molecule has 1 aromatic heterocycles. The lowest BCUT2D eigenvalue weighted by molar-refractivity contribution is -0.115. The van der Waals surface area contributed by atoms with Crippen LogP contribution in [0.3, 0.4) is 0 Å². The summed E-state index contributed by atoms with van der Waals surface area (Å²) < 4.78 is 32.0. The molecule has 0 saturated carbocycles. The summed E-state index contributed by atoms with van der Waals surface area (Å²) >= 11 is 0.796. The van der Waals surface area contributed by atoms with Gasteiger partial charge in [-0.15, -0.1) is 0 Å². The Labute approximate surface area is 134 Å². The summed E-state index contributed by atoms with van der Waals surface area (Å²) in [5.74, 6) is -2.47. The Bertz CT molecular complexity index is 803. The predicted molar refractivity (Wildman–Crippen MR) is 82.8 cm³/mol. The molecule has 1 aliphatic rings. The summed E-state index contributed by atoms with van der Waals surface area (Å²) in [6.07, 6.45) is 1.46. The number of thioether (sulfide) groups is 1. The molecule has 23 heavy (non-hydrogen) atoms. The normalized spacial score (nSPS) is 16.9. The number of nitrogens with one attached hydrogen (secondary N) is 1. The molecular formula is C16H11F2NO3S. The Kier molecular flexibility index (Phi) is 3.81. The summed E-state index contributed by atoms with van der Waals surface area (Å²) in [4.78, 5) is 22.8. The topological polar surface area (TPSA) is 59.3 Å². The summed E-state index contributed by atoms with van der Waals surface area (Å²) in [6.45, 7) is 0.838. The number of hydrogen-bond donors (Lipinski definition) is 1. The SMILES string of the molecule is CC(F)(F)c1ccc(-c2ccc(C=C3SC(=O)NC3=O)o2)cc1. The molecule has 0 unspecified atom stereocenters. The highest BCUT2D eigenvalue weighted by molar-refractivity contribution is 8.18. The molecule has 0 aliphatic carbocycles. The summed E-state index contributed by atoms with van der Waals surface area (Å²) in [5, 5.41) is 1.72. The maximum atomic E-state index is 13.2. The van der Waals surface area contributed by atoms with Crippen molar-refractivity contribution in [1.29, 1.82) is 0 Å². The fraction of sp³-hybridized carbons (Fsp3) is 0.125. The number of hydrogen-bond acceptors (Lipinski definition) is 4. The van der Waals surface area contributed by atoms with Crippen molar-refractivity contribution < 1.29 is 22.8 Å². The molecule has 0 atom stereocenters. The van der Waals surface area contributed by atoms with Gasteiger partial charge in [0.1, 0.15) is 11.5 Å². The second-order valence-corrected chi connectivity index (χ2v) is 6.03. The summed E-state index contributed by atoms with van der Waals surface area (Å²) in [7, 11) is 0. The van der Waals surface area contributed by atoms with Crippen LogP contribution >= 0.6 is 11.8 Å². The average Bonchev–Trinajstić information content (AvgIpc) is 3.06. The molecular weight excluding hydrogens is 324 g/mol. The van der Waals surface area contributed by atoms with Gasteiger partial charge in [0.05, 0.1) is 4.91 Å². The van der Waals surface area contributed by atoms with E-state index in [-0.39, 0.29) is 10.5 Å². The van der Waals surface area contributed by atoms with E-state index >= 15 is 0 Å². The minimum absolute atomic E-state index is 0.0762. The molecule has 1 fully saturated rings. The van der Waals surface area contributed by atoms with Crippen molar-refractivity contribution in [2.24, 2.45) is 0 Å². The van der Waals surface area contributed by atoms with Gasteiger partial charge in [0.15, 0.2) is 0 Å². The molecule has 0 spiro atoms. The first kappa shape index (κ1) is 15.5. The van der Waals surface area contributed by atoms with Crippen LogP contribution in [0.25, 0.3) is 17.4 Å². The van der Waals surface area contributed by atoms with Crippen LogP contribution < -0.4 is 5.32 Å². The van der Waals surface area contributed by atoms with Gasteiger partial charge in [-0.2, -0.15) is 0 Å². The van der Waals surface area contributed by atoms with Crippen molar-refractivity contribution in [3.05, 3.63) is 52.6 Å². The van der Waals surface area contributed by atoms with Gasteiger partial charge in [0.2, 0.25) is 0 Å². The van der Waals surface area contributed by atoms with E-state index in [4.69, 9.17) is 4.42 Å². The first-order chi connectivity index (χ1) is 10.8. The van der Waals surface area contributed by atoms with Gasteiger partial charge >= 0.3 is 0 Å². The number of alkyl halides is 2. The standard InChI is InChI=1S/C16H11F2NO3S/c1-16(17,18)10-4-2-9(3-5-10)12-7-6-11(22-12)8-13-14(20)19-15(21)23-13/h2-8H,1H3,(H,19,20,21). The number of imide groups is 1. The van der Waals surface area contributed by atoms with E-state index in [2.05, 4.69) is 5.32 Å². The molecule has 1 saturated heterocycles. The Morgan fingerprint density at radius 3 is 2.39 bits per heavy atom. The minimum Gasteiger partial charge on any atom is -0.457 e. The van der Waals surface area contributed by atoms with E-state index < -0.39 is 17.1 Å². The number of rotatable bonds is 3. The van der Waals surface area contributed by atoms with Crippen molar-refractivity contribution in [2.45, 2.75) is 12.8 Å². The number of carbonyl (C=O) groups is 2. The van der Waals surface area contributed by atoms with Crippen LogP contribution in [0.1, 0.15) is 18.2 Å². The first-order valence-corrected chi connectivity index (χ1v) is 7.48. The molecule has 1 aromatic carbocycles. The quantitative estimate of drug-likeness (QED) is 0.846. The fourth-order valence-corrected chi connectivity index (χ4v) is 2.73. The van der Waals surface area contributed by atoms with E-state index in [1.807, 2.05) is 0 Å². The minimum atomic E-state index is -2.89. The third-order valence-electron chi connectivity index (χ3n) is 3.22. The predicted octanol–water partition coefficient (Wildman–Crippen LogP) is 4.38. The van der Waals surface area contributed by atoms with E-state index in [1.54, 1.807) is 24.3 Å². The molecule has 7 heteroatoms. The third kappa shape index (κ3) is 3.34. The number of halogens is 2. The molecule has 1 aliphatic heterocycles. The largest absolute Gasteiger partial charge is 0.457 e. The van der Waals surface area contributed by atoms with Crippen molar-refractivity contribution >= 4 is 29.0 Å². The Balaban J connectivity index is 1.84. The van der Waals surface area contributed by atoms with E-state index in [0.717, 1.165) is 18.7 Å². The molecule has 118 valence electrons. The first-order valence-electron chi connectivity index (χ1n) is 6.66. The van der Waals surface area contributed by atoms with Crippen LogP contribution in [0.5, 0.6) is 0 Å². The van der Waals surface area contributed by atoms with Crippen molar-refractivity contribution in [2.75, 3.05) is 0 Å². The third-order valence-corrected chi connectivity index (χ3v) is 4.03. The van der Waals surface area contributed by atoms with Gasteiger partial charge < -0.3 is 4.42 Å². The number of amides is 2. The van der Waals surface area contributed by atoms with Gasteiger partial charge in [-0.05, 0) is 23.9 Å². The van der Waals surface area contributed by atoms with Crippen molar-refractivity contribution in [1.82, 2.24) is 5.32 Å². The van der Waals surface area contributed by atoms with Crippen LogP contribution in [0.2, 0.25) is 0 Å². The van der Waals surface area contributed by atoms with Crippen molar-refractivity contribution in [3.8, 4) is 11.3 Å². The Hall–Kier alpha value is -2.41. The zero-order valence-electron chi connectivity index (χ0n) is 11.9. The van der Waals surface area contributed by atoms with Crippen LogP contribution in [0.4, 0.5) is 13.6 Å². The number of furan rings is 1. The Morgan fingerprint density at radius 1 is 1.13 bits per heavy atom. The average molecular weight is 335 g/mol. The maximum absolute atomic E-state index is 13.2. The molecule has 4 nitrogen and oxygen atoms in total. The van der Waals surface area contributed by atoms with Gasteiger partial charge in [0.25, 0.3) is 17.1 Å². The molecule has 1 N–H and O–H groups in total. The summed E-state index contributed by atoms with van der Waals surface area (Å²) in [6, 6.07) is 9.09. The smallest absolute Gasteiger partial charge is 0.290 e. The van der Waals surface area contributed by atoms with Gasteiger partial charge in [0, 0.05) is 24.1 Å². The lowest BCUT2D eigenvalue weighted by Gasteiger charge is -2.10. The second-order valence-electron chi connectivity index (χ2n) is 5.02. The zero-order valence-corrected chi connectivity index (χ0v) is 12.7. The van der Waals surface area contributed by atoms with Crippen LogP contribution in [0, 0.1) is 0 Å². The molecule has 2 amide bonds. The van der Waals surface area contributed by atoms with E-state index in [0.29, 0.717) is 17.1 Å². The molecule has 0 radical (unpaired) electrons.